The number of nitrogens with zero attached hydrogens (tertiary/aromatic N) is 1. The molecule has 1 aromatic carbocycles. The lowest BCUT2D eigenvalue weighted by Gasteiger charge is -2.14. The predicted octanol–water partition coefficient (Wildman–Crippen LogP) is 0.378. The number of aliphatic hydroxyl groups is 1. The van der Waals surface area contributed by atoms with E-state index in [0.29, 0.717) is 12.1 Å². The van der Waals surface area contributed by atoms with Crippen LogP contribution in [0.4, 0.5) is 4.39 Å². The fourth-order valence-corrected chi connectivity index (χ4v) is 1.48. The highest BCUT2D eigenvalue weighted by atomic mass is 19.1. The molecule has 0 fully saturated rings. The maximum absolute atomic E-state index is 13.6. The van der Waals surface area contributed by atoms with Crippen LogP contribution >= 0.6 is 0 Å². The molecule has 0 saturated carbocycles. The number of aliphatic hydroxyl groups excluding tert-OH is 1. The van der Waals surface area contributed by atoms with Gasteiger partial charge in [-0.15, -0.1) is 0 Å². The minimum absolute atomic E-state index is 0.188. The number of carbonyl (C=O) groups excluding carboxylic acids is 2. The molecule has 2 amide bonds. The maximum atomic E-state index is 13.6. The monoisotopic (exact) mass is 292 g/mol. The molecule has 112 valence electrons. The van der Waals surface area contributed by atoms with E-state index >= 15 is 0 Å². The number of benzene rings is 1. The van der Waals surface area contributed by atoms with Gasteiger partial charge in [0, 0.05) is 19.2 Å². The van der Waals surface area contributed by atoms with Crippen LogP contribution in [0, 0.1) is 17.7 Å². The van der Waals surface area contributed by atoms with Gasteiger partial charge in [0.1, 0.15) is 12.4 Å². The minimum Gasteiger partial charge on any atom is -0.384 e. The van der Waals surface area contributed by atoms with E-state index in [1.807, 2.05) is 6.92 Å². The highest BCUT2D eigenvalue weighted by molar-refractivity contribution is 5.97. The predicted molar refractivity (Wildman–Crippen MR) is 76.0 cm³/mol. The summed E-state index contributed by atoms with van der Waals surface area (Å²) in [4.78, 5) is 24.9. The smallest absolute Gasteiger partial charge is 0.254 e. The molecule has 0 spiro atoms. The molecule has 0 aliphatic heterocycles. The third kappa shape index (κ3) is 4.89. The fourth-order valence-electron chi connectivity index (χ4n) is 1.48. The van der Waals surface area contributed by atoms with Crippen molar-refractivity contribution in [1.29, 1.82) is 0 Å². The van der Waals surface area contributed by atoms with Crippen LogP contribution in [0.15, 0.2) is 18.2 Å². The third-order valence-electron chi connectivity index (χ3n) is 2.82. The van der Waals surface area contributed by atoms with Gasteiger partial charge in [0.2, 0.25) is 5.91 Å². The molecular weight excluding hydrogens is 275 g/mol. The molecule has 0 aromatic heterocycles. The third-order valence-corrected chi connectivity index (χ3v) is 2.82. The highest BCUT2D eigenvalue weighted by Crippen LogP contribution is 2.10. The Labute approximate surface area is 122 Å². The van der Waals surface area contributed by atoms with Crippen LogP contribution in [0.3, 0.4) is 0 Å². The van der Waals surface area contributed by atoms with Crippen LogP contribution in [0.2, 0.25) is 0 Å². The van der Waals surface area contributed by atoms with E-state index in [9.17, 15) is 14.0 Å². The molecule has 0 saturated heterocycles. The van der Waals surface area contributed by atoms with Gasteiger partial charge in [-0.05, 0) is 25.1 Å². The van der Waals surface area contributed by atoms with E-state index in [4.69, 9.17) is 5.11 Å². The molecule has 0 atom stereocenters. The maximum Gasteiger partial charge on any atom is 0.254 e. The molecule has 0 heterocycles. The SMILES string of the molecule is CCN(C)C(=O)CNC(=O)c1cc(C#CCO)ccc1F. The van der Waals surface area contributed by atoms with Gasteiger partial charge in [-0.1, -0.05) is 11.8 Å². The molecule has 1 rings (SSSR count). The van der Waals surface area contributed by atoms with Crippen LogP contribution in [0.5, 0.6) is 0 Å². The highest BCUT2D eigenvalue weighted by Gasteiger charge is 2.14. The first-order chi connectivity index (χ1) is 9.99. The van der Waals surface area contributed by atoms with Gasteiger partial charge in [-0.25, -0.2) is 4.39 Å². The van der Waals surface area contributed by atoms with Crippen LogP contribution in [0.1, 0.15) is 22.8 Å². The van der Waals surface area contributed by atoms with Crippen molar-refractivity contribution in [3.05, 3.63) is 35.1 Å². The molecule has 5 nitrogen and oxygen atoms in total. The lowest BCUT2D eigenvalue weighted by atomic mass is 10.1. The van der Waals surface area contributed by atoms with Crippen molar-refractivity contribution in [2.75, 3.05) is 26.7 Å². The summed E-state index contributed by atoms with van der Waals surface area (Å²) >= 11 is 0. The first-order valence-electron chi connectivity index (χ1n) is 6.41. The second kappa shape index (κ2) is 8.02. The zero-order valence-corrected chi connectivity index (χ0v) is 11.9. The molecule has 0 aliphatic carbocycles. The number of likely N-dealkylation sites (N-methyl/N-ethyl adjacent to an activating group) is 1. The Morgan fingerprint density at radius 2 is 2.14 bits per heavy atom. The first kappa shape index (κ1) is 16.7. The Morgan fingerprint density at radius 1 is 1.43 bits per heavy atom. The number of carbonyl (C=O) groups is 2. The number of nitrogens with one attached hydrogen (secondary N) is 1. The van der Waals surface area contributed by atoms with Crippen LogP contribution in [-0.4, -0.2) is 48.6 Å². The van der Waals surface area contributed by atoms with E-state index in [0.717, 1.165) is 6.07 Å². The molecule has 0 radical (unpaired) electrons. The summed E-state index contributed by atoms with van der Waals surface area (Å²) in [5.41, 5.74) is 0.222. The molecule has 2 N–H and O–H groups in total. The summed E-state index contributed by atoms with van der Waals surface area (Å²) in [7, 11) is 1.61. The van der Waals surface area contributed by atoms with Gasteiger partial charge in [-0.3, -0.25) is 9.59 Å². The van der Waals surface area contributed by atoms with Crippen molar-refractivity contribution in [3.63, 3.8) is 0 Å². The van der Waals surface area contributed by atoms with E-state index in [2.05, 4.69) is 17.2 Å². The number of halogens is 1. The number of hydrogen-bond donors (Lipinski definition) is 2. The summed E-state index contributed by atoms with van der Waals surface area (Å²) in [6, 6.07) is 3.81. The normalized spacial score (nSPS) is 9.52. The van der Waals surface area contributed by atoms with Crippen molar-refractivity contribution in [2.24, 2.45) is 0 Å². The van der Waals surface area contributed by atoms with Crippen LogP contribution < -0.4 is 5.32 Å². The molecule has 0 bridgehead atoms. The number of amides is 2. The zero-order valence-electron chi connectivity index (χ0n) is 11.9. The van der Waals surface area contributed by atoms with E-state index in [1.54, 1.807) is 7.05 Å². The van der Waals surface area contributed by atoms with E-state index < -0.39 is 11.7 Å². The Kier molecular flexibility index (Phi) is 6.37. The Bertz CT molecular complexity index is 590. The fraction of sp³-hybridized carbons (Fsp3) is 0.333. The van der Waals surface area contributed by atoms with Crippen molar-refractivity contribution >= 4 is 11.8 Å². The van der Waals surface area contributed by atoms with Gasteiger partial charge in [0.15, 0.2) is 0 Å². The standard InChI is InChI=1S/C15H17FN2O3/c1-3-18(2)14(20)10-17-15(21)12-9-11(5-4-8-19)6-7-13(12)16/h6-7,9,19H,3,8,10H2,1-2H3,(H,17,21). The summed E-state index contributed by atoms with van der Waals surface area (Å²) in [6.07, 6.45) is 0. The molecule has 21 heavy (non-hydrogen) atoms. The summed E-state index contributed by atoms with van der Waals surface area (Å²) in [6.45, 7) is 1.81. The van der Waals surface area contributed by atoms with Crippen molar-refractivity contribution < 1.29 is 19.1 Å². The molecule has 1 aromatic rings. The van der Waals surface area contributed by atoms with E-state index in [1.165, 1.54) is 17.0 Å². The lowest BCUT2D eigenvalue weighted by Crippen LogP contribution is -2.38. The van der Waals surface area contributed by atoms with Crippen molar-refractivity contribution in [3.8, 4) is 11.8 Å². The number of hydrogen-bond acceptors (Lipinski definition) is 3. The van der Waals surface area contributed by atoms with Crippen molar-refractivity contribution in [1.82, 2.24) is 10.2 Å². The van der Waals surface area contributed by atoms with E-state index in [-0.39, 0.29) is 24.6 Å². The quantitative estimate of drug-likeness (QED) is 0.788. The second-order valence-electron chi connectivity index (χ2n) is 4.25. The van der Waals surface area contributed by atoms with Crippen LogP contribution in [0.25, 0.3) is 0 Å². The molecule has 0 unspecified atom stereocenters. The van der Waals surface area contributed by atoms with Gasteiger partial charge in [-0.2, -0.15) is 0 Å². The average Bonchev–Trinajstić information content (AvgIpc) is 2.50. The Hall–Kier alpha value is -2.39. The van der Waals surface area contributed by atoms with Gasteiger partial charge in [0.05, 0.1) is 12.1 Å². The summed E-state index contributed by atoms with van der Waals surface area (Å²) in [5.74, 6) is 3.36. The molecular formula is C15H17FN2O3. The largest absolute Gasteiger partial charge is 0.384 e. The summed E-state index contributed by atoms with van der Waals surface area (Å²) in [5, 5.41) is 11.0. The second-order valence-corrected chi connectivity index (χ2v) is 4.25. The number of rotatable bonds is 4. The summed E-state index contributed by atoms with van der Waals surface area (Å²) < 4.78 is 13.6. The molecule has 0 aliphatic rings. The van der Waals surface area contributed by atoms with Gasteiger partial charge in [0.25, 0.3) is 5.91 Å². The Morgan fingerprint density at radius 3 is 2.76 bits per heavy atom. The lowest BCUT2D eigenvalue weighted by molar-refractivity contribution is -0.128. The average molecular weight is 292 g/mol. The first-order valence-corrected chi connectivity index (χ1v) is 6.41. The molecule has 6 heteroatoms. The van der Waals surface area contributed by atoms with Crippen molar-refractivity contribution in [2.45, 2.75) is 6.92 Å². The topological polar surface area (TPSA) is 69.6 Å². The van der Waals surface area contributed by atoms with Gasteiger partial charge >= 0.3 is 0 Å². The van der Waals surface area contributed by atoms with Crippen LogP contribution in [-0.2, 0) is 4.79 Å². The van der Waals surface area contributed by atoms with Gasteiger partial charge < -0.3 is 15.3 Å². The Balaban J connectivity index is 2.80. The minimum atomic E-state index is -0.696. The zero-order chi connectivity index (χ0) is 15.8.